The van der Waals surface area contributed by atoms with E-state index in [0.29, 0.717) is 47.0 Å². The molecule has 0 radical (unpaired) electrons. The third-order valence-electron chi connectivity index (χ3n) is 9.27. The lowest BCUT2D eigenvalue weighted by atomic mass is 10.1. The van der Waals surface area contributed by atoms with Gasteiger partial charge in [-0.2, -0.15) is 0 Å². The second kappa shape index (κ2) is 20.6. The summed E-state index contributed by atoms with van der Waals surface area (Å²) < 4.78 is 44.1. The molecule has 302 valence electrons. The van der Waals surface area contributed by atoms with Crippen molar-refractivity contribution < 1.29 is 57.1 Å². The number of esters is 4. The quantitative estimate of drug-likeness (QED) is 0.0619. The number of rotatable bonds is 18. The third-order valence-corrected chi connectivity index (χ3v) is 9.27. The van der Waals surface area contributed by atoms with Gasteiger partial charge in [0.05, 0.1) is 47.7 Å². The Kier molecular flexibility index (Phi) is 15.1. The molecule has 0 aliphatic carbocycles. The zero-order valence-electron chi connectivity index (χ0n) is 33.3. The molecule has 58 heavy (non-hydrogen) atoms. The van der Waals surface area contributed by atoms with Crippen LogP contribution in [0.4, 0.5) is 0 Å². The van der Waals surface area contributed by atoms with Gasteiger partial charge in [-0.05, 0) is 148 Å². The van der Waals surface area contributed by atoms with Gasteiger partial charge in [-0.1, -0.05) is 0 Å². The average Bonchev–Trinajstić information content (AvgIpc) is 3.24. The van der Waals surface area contributed by atoms with Crippen molar-refractivity contribution in [3.63, 3.8) is 0 Å². The van der Waals surface area contributed by atoms with E-state index in [-0.39, 0.29) is 46.3 Å². The van der Waals surface area contributed by atoms with Gasteiger partial charge in [0.25, 0.3) is 0 Å². The van der Waals surface area contributed by atoms with Crippen molar-refractivity contribution in [1.29, 1.82) is 0 Å². The van der Waals surface area contributed by atoms with E-state index in [4.69, 9.17) is 37.9 Å². The Morgan fingerprint density at radius 2 is 0.690 bits per heavy atom. The number of carbonyl (C=O) groups is 4. The maximum atomic E-state index is 13.0. The highest BCUT2D eigenvalue weighted by Crippen LogP contribution is 2.31. The number of methoxy groups -OCH3 is 2. The predicted molar refractivity (Wildman–Crippen MR) is 215 cm³/mol. The minimum Gasteiger partial charge on any atom is -0.493 e. The van der Waals surface area contributed by atoms with Crippen LogP contribution in [0.25, 0.3) is 0 Å². The Bertz CT molecular complexity index is 2000. The van der Waals surface area contributed by atoms with Crippen LogP contribution in [0.1, 0.15) is 79.2 Å². The highest BCUT2D eigenvalue weighted by atomic mass is 16.6. The van der Waals surface area contributed by atoms with Crippen molar-refractivity contribution in [2.45, 2.75) is 52.7 Å². The Morgan fingerprint density at radius 1 is 0.414 bits per heavy atom. The van der Waals surface area contributed by atoms with E-state index in [2.05, 4.69) is 0 Å². The maximum Gasteiger partial charge on any atom is 0.343 e. The molecule has 5 rings (SSSR count). The summed E-state index contributed by atoms with van der Waals surface area (Å²) in [6.07, 6.45) is 1.64. The van der Waals surface area contributed by atoms with Gasteiger partial charge in [-0.3, -0.25) is 0 Å². The van der Waals surface area contributed by atoms with Crippen molar-refractivity contribution in [2.24, 2.45) is 0 Å². The molecular formula is C46H46O12. The van der Waals surface area contributed by atoms with Crippen molar-refractivity contribution >= 4 is 23.9 Å². The van der Waals surface area contributed by atoms with Gasteiger partial charge < -0.3 is 37.9 Å². The van der Waals surface area contributed by atoms with E-state index >= 15 is 0 Å². The fraction of sp³-hybridized carbons (Fsp3) is 0.261. The first-order valence-electron chi connectivity index (χ1n) is 18.6. The number of hydrogen-bond acceptors (Lipinski definition) is 12. The second-order valence-electron chi connectivity index (χ2n) is 13.3. The van der Waals surface area contributed by atoms with Crippen LogP contribution in [0.5, 0.6) is 34.5 Å². The summed E-state index contributed by atoms with van der Waals surface area (Å²) in [5.41, 5.74) is 2.33. The number of hydrogen-bond donors (Lipinski definition) is 0. The Hall–Kier alpha value is -6.50. The minimum atomic E-state index is -0.629. The zero-order chi connectivity index (χ0) is 41.6. The van der Waals surface area contributed by atoms with Gasteiger partial charge in [0.1, 0.15) is 34.5 Å². The Labute approximate surface area is 337 Å². The number of benzene rings is 5. The first-order valence-corrected chi connectivity index (χ1v) is 18.6. The van der Waals surface area contributed by atoms with Gasteiger partial charge in [-0.25, -0.2) is 19.2 Å². The van der Waals surface area contributed by atoms with Crippen LogP contribution < -0.4 is 28.4 Å². The van der Waals surface area contributed by atoms with Gasteiger partial charge in [0.15, 0.2) is 0 Å². The van der Waals surface area contributed by atoms with Gasteiger partial charge in [0.2, 0.25) is 0 Å². The van der Waals surface area contributed by atoms with E-state index in [1.165, 1.54) is 48.5 Å². The molecule has 5 aromatic carbocycles. The molecule has 0 bridgehead atoms. The van der Waals surface area contributed by atoms with Gasteiger partial charge >= 0.3 is 23.9 Å². The van der Waals surface area contributed by atoms with Crippen LogP contribution >= 0.6 is 0 Å². The van der Waals surface area contributed by atoms with Crippen LogP contribution in [-0.2, 0) is 9.47 Å². The first kappa shape index (κ1) is 42.6. The van der Waals surface area contributed by atoms with E-state index in [1.54, 1.807) is 88.7 Å². The van der Waals surface area contributed by atoms with Gasteiger partial charge in [-0.15, -0.1) is 0 Å². The van der Waals surface area contributed by atoms with Crippen molar-refractivity contribution in [2.75, 3.05) is 27.4 Å². The fourth-order valence-corrected chi connectivity index (χ4v) is 5.26. The monoisotopic (exact) mass is 790 g/mol. The molecule has 12 nitrogen and oxygen atoms in total. The fourth-order valence-electron chi connectivity index (χ4n) is 5.26. The molecule has 0 aliphatic heterocycles. The van der Waals surface area contributed by atoms with Crippen molar-refractivity contribution in [3.8, 4) is 34.5 Å². The maximum absolute atomic E-state index is 13.0. The summed E-state index contributed by atoms with van der Waals surface area (Å²) in [4.78, 5) is 51.4. The standard InChI is InChI=1S/C46H46O12/c1-29(51-5)25-27-53-37-15-7-33(8-16-37)43(47)55-39-19-11-35(12-20-39)45(49)57-41-23-24-42(32(4)31(41)3)58-46(50)36-13-21-40(22-14-36)56-44(48)34-9-17-38(18-10-34)54-28-26-30(2)52-6/h7-24,29-30H,25-28H2,1-6H3. The summed E-state index contributed by atoms with van der Waals surface area (Å²) in [5.74, 6) is -0.0625. The highest BCUT2D eigenvalue weighted by Gasteiger charge is 2.18. The summed E-state index contributed by atoms with van der Waals surface area (Å²) in [6, 6.07) is 28.3. The third kappa shape index (κ3) is 12.0. The summed E-state index contributed by atoms with van der Waals surface area (Å²) in [5, 5.41) is 0. The Morgan fingerprint density at radius 3 is 0.983 bits per heavy atom. The summed E-state index contributed by atoms with van der Waals surface area (Å²) >= 11 is 0. The SMILES string of the molecule is COC(C)CCOc1ccc(C(=O)Oc2ccc(C(=O)Oc3ccc(OC(=O)c4ccc(OC(=O)c5ccc(OCCC(C)OC)cc5)cc4)c(C)c3C)cc2)cc1. The molecule has 2 unspecified atom stereocenters. The molecule has 5 aromatic rings. The molecule has 0 amide bonds. The van der Waals surface area contributed by atoms with Crippen LogP contribution in [0.2, 0.25) is 0 Å². The summed E-state index contributed by atoms with van der Waals surface area (Å²) in [6.45, 7) is 8.37. The Balaban J connectivity index is 1.10. The molecule has 0 aromatic heterocycles. The van der Waals surface area contributed by atoms with Gasteiger partial charge in [0, 0.05) is 27.1 Å². The molecule has 0 N–H and O–H groups in total. The predicted octanol–water partition coefficient (Wildman–Crippen LogP) is 8.79. The van der Waals surface area contributed by atoms with Crippen molar-refractivity contribution in [3.05, 3.63) is 143 Å². The summed E-state index contributed by atoms with van der Waals surface area (Å²) in [7, 11) is 3.30. The molecule has 0 spiro atoms. The molecule has 0 heterocycles. The minimum absolute atomic E-state index is 0.0846. The van der Waals surface area contributed by atoms with E-state index < -0.39 is 23.9 Å². The molecule has 0 fully saturated rings. The van der Waals surface area contributed by atoms with Crippen molar-refractivity contribution in [1.82, 2.24) is 0 Å². The van der Waals surface area contributed by atoms with Crippen LogP contribution in [0, 0.1) is 13.8 Å². The number of carbonyl (C=O) groups excluding carboxylic acids is 4. The molecule has 0 saturated heterocycles. The first-order chi connectivity index (χ1) is 27.9. The topological polar surface area (TPSA) is 142 Å². The molecule has 0 aliphatic rings. The smallest absolute Gasteiger partial charge is 0.343 e. The lowest BCUT2D eigenvalue weighted by Gasteiger charge is -2.14. The molecular weight excluding hydrogens is 744 g/mol. The van der Waals surface area contributed by atoms with E-state index in [0.717, 1.165) is 12.8 Å². The van der Waals surface area contributed by atoms with E-state index in [9.17, 15) is 19.2 Å². The van der Waals surface area contributed by atoms with E-state index in [1.807, 2.05) is 13.8 Å². The lowest BCUT2D eigenvalue weighted by molar-refractivity contribution is 0.0715. The largest absolute Gasteiger partial charge is 0.493 e. The lowest BCUT2D eigenvalue weighted by Crippen LogP contribution is -2.12. The average molecular weight is 791 g/mol. The molecule has 2 atom stereocenters. The van der Waals surface area contributed by atoms with Crippen LogP contribution in [0.15, 0.2) is 109 Å². The highest BCUT2D eigenvalue weighted by molar-refractivity contribution is 5.94. The molecule has 12 heteroatoms. The molecule has 0 saturated carbocycles. The van der Waals surface area contributed by atoms with Crippen LogP contribution in [-0.4, -0.2) is 63.5 Å². The second-order valence-corrected chi connectivity index (χ2v) is 13.3. The van der Waals surface area contributed by atoms with Crippen LogP contribution in [0.3, 0.4) is 0 Å². The zero-order valence-corrected chi connectivity index (χ0v) is 33.3. The number of ether oxygens (including phenoxy) is 8. The normalized spacial score (nSPS) is 11.8.